The fraction of sp³-hybridized carbons (Fsp3) is 0.417. The van der Waals surface area contributed by atoms with Gasteiger partial charge in [0, 0.05) is 11.4 Å². The van der Waals surface area contributed by atoms with E-state index in [1.54, 1.807) is 25.7 Å². The molecule has 3 N–H and O–H groups in total. The number of hydrogen-bond acceptors (Lipinski definition) is 8. The first-order chi connectivity index (χ1) is 28.3. The number of carboxylic acid groups (broad SMARTS) is 1. The second kappa shape index (κ2) is 21.5. The maximum absolute atomic E-state index is 13.3. The molecule has 0 bridgehead atoms. The van der Waals surface area contributed by atoms with Crippen LogP contribution in [0.4, 0.5) is 32.3 Å². The third-order valence-electron chi connectivity index (χ3n) is 9.21. The zero-order valence-electron chi connectivity index (χ0n) is 36.5. The third kappa shape index (κ3) is 15.1. The first kappa shape index (κ1) is 47.0. The van der Waals surface area contributed by atoms with Crippen molar-refractivity contribution in [3.63, 3.8) is 0 Å². The molecule has 0 atom stereocenters. The second-order valence-corrected chi connectivity index (χ2v) is 16.8. The van der Waals surface area contributed by atoms with E-state index in [-0.39, 0.29) is 30.8 Å². The summed E-state index contributed by atoms with van der Waals surface area (Å²) in [5.41, 5.74) is 9.80. The smallest absolute Gasteiger partial charge is 0.411 e. The van der Waals surface area contributed by atoms with Crippen LogP contribution >= 0.6 is 0 Å². The molecule has 1 aliphatic heterocycles. The molecule has 3 amide bonds. The summed E-state index contributed by atoms with van der Waals surface area (Å²) in [5, 5.41) is 13.7. The number of aryl methyl sites for hydroxylation is 4. The maximum Gasteiger partial charge on any atom is 0.411 e. The number of nitrogens with one attached hydrogen (secondary N) is 2. The van der Waals surface area contributed by atoms with Crippen LogP contribution in [-0.4, -0.2) is 66.3 Å². The van der Waals surface area contributed by atoms with Crippen LogP contribution in [0.2, 0.25) is 0 Å². The number of benzene rings is 4. The molecule has 0 aromatic heterocycles. The Morgan fingerprint density at radius 3 is 1.72 bits per heavy atom. The summed E-state index contributed by atoms with van der Waals surface area (Å²) < 4.78 is 20.8. The first-order valence-corrected chi connectivity index (χ1v) is 20.5. The summed E-state index contributed by atoms with van der Waals surface area (Å²) in [5.74, 6) is -1.08. The van der Waals surface area contributed by atoms with E-state index in [0.717, 1.165) is 60.3 Å². The Bertz CT molecular complexity index is 2100. The predicted molar refractivity (Wildman–Crippen MR) is 235 cm³/mol. The van der Waals surface area contributed by atoms with E-state index >= 15 is 0 Å². The predicted octanol–water partition coefficient (Wildman–Crippen LogP) is 10.1. The number of rotatable bonds is 8. The van der Waals surface area contributed by atoms with Crippen molar-refractivity contribution in [2.24, 2.45) is 0 Å². The van der Waals surface area contributed by atoms with Gasteiger partial charge in [-0.3, -0.25) is 20.3 Å². The van der Waals surface area contributed by atoms with Gasteiger partial charge in [0.25, 0.3) is 5.91 Å². The van der Waals surface area contributed by atoms with Crippen molar-refractivity contribution in [1.82, 2.24) is 0 Å². The van der Waals surface area contributed by atoms with Gasteiger partial charge in [0.15, 0.2) is 0 Å². The van der Waals surface area contributed by atoms with Crippen molar-refractivity contribution in [2.45, 2.75) is 112 Å². The summed E-state index contributed by atoms with van der Waals surface area (Å²) >= 11 is 0. The van der Waals surface area contributed by atoms with Gasteiger partial charge >= 0.3 is 18.2 Å². The Labute approximate surface area is 354 Å². The molecule has 4 aromatic carbocycles. The van der Waals surface area contributed by atoms with Gasteiger partial charge in [0.1, 0.15) is 13.2 Å². The van der Waals surface area contributed by atoms with E-state index in [1.807, 2.05) is 90.1 Å². The van der Waals surface area contributed by atoms with Crippen molar-refractivity contribution in [2.75, 3.05) is 35.4 Å². The fourth-order valence-corrected chi connectivity index (χ4v) is 6.50. The number of hydrogen-bond donors (Lipinski definition) is 3. The Hall–Kier alpha value is -5.72. The highest BCUT2D eigenvalue weighted by atomic mass is 16.6. The molecule has 0 saturated carbocycles. The molecule has 0 unspecified atom stereocenters. The SMILES string of the molecule is CC(C)(C)OCC(=O)O.CC(C)OC(=O)Nc1ccc2c(c1)N(C(=O)COC(C)(C)C)c1ccccc1CC2.CCOC(=O)Nc1ccc2c(c1)Cc1ccccc1CC2. The van der Waals surface area contributed by atoms with E-state index in [1.165, 1.54) is 22.3 Å². The van der Waals surface area contributed by atoms with Gasteiger partial charge in [0.2, 0.25) is 0 Å². The maximum atomic E-state index is 13.3. The van der Waals surface area contributed by atoms with Gasteiger partial charge in [-0.1, -0.05) is 54.6 Å². The molecule has 322 valence electrons. The van der Waals surface area contributed by atoms with Gasteiger partial charge in [0.05, 0.1) is 35.3 Å². The van der Waals surface area contributed by atoms with Gasteiger partial charge < -0.3 is 24.1 Å². The van der Waals surface area contributed by atoms with Crippen LogP contribution in [0, 0.1) is 0 Å². The topological polar surface area (TPSA) is 153 Å². The quantitative estimate of drug-likeness (QED) is 0.158. The Balaban J connectivity index is 0.000000228. The van der Waals surface area contributed by atoms with Crippen LogP contribution in [0.25, 0.3) is 0 Å². The summed E-state index contributed by atoms with van der Waals surface area (Å²) in [6.07, 6.45) is 3.54. The lowest BCUT2D eigenvalue weighted by Crippen LogP contribution is -2.34. The van der Waals surface area contributed by atoms with Crippen molar-refractivity contribution in [3.8, 4) is 0 Å². The number of anilines is 4. The average molecular weight is 824 g/mol. The molecule has 6 rings (SSSR count). The summed E-state index contributed by atoms with van der Waals surface area (Å²) in [7, 11) is 0. The number of nitrogens with zero attached hydrogens (tertiary/aromatic N) is 1. The minimum Gasteiger partial charge on any atom is -0.480 e. The minimum atomic E-state index is -0.926. The molecule has 0 fully saturated rings. The summed E-state index contributed by atoms with van der Waals surface area (Å²) in [4.78, 5) is 48.5. The molecule has 1 heterocycles. The van der Waals surface area contributed by atoms with Gasteiger partial charge in [-0.2, -0.15) is 0 Å². The molecular formula is C48H61N3O9. The number of carbonyl (C=O) groups is 4. The van der Waals surface area contributed by atoms with E-state index in [0.29, 0.717) is 12.3 Å². The monoisotopic (exact) mass is 823 g/mol. The van der Waals surface area contributed by atoms with Crippen molar-refractivity contribution < 1.29 is 43.2 Å². The van der Waals surface area contributed by atoms with E-state index < -0.39 is 23.8 Å². The number of ether oxygens (including phenoxy) is 4. The molecule has 2 aliphatic rings. The largest absolute Gasteiger partial charge is 0.480 e. The molecule has 4 aromatic rings. The number of fused-ring (bicyclic) bond motifs is 4. The highest BCUT2D eigenvalue weighted by Gasteiger charge is 2.28. The number of carboxylic acids is 1. The van der Waals surface area contributed by atoms with Gasteiger partial charge in [-0.25, -0.2) is 14.4 Å². The molecule has 0 spiro atoms. The van der Waals surface area contributed by atoms with Gasteiger partial charge in [-0.05, 0) is 158 Å². The van der Waals surface area contributed by atoms with Crippen LogP contribution in [0.5, 0.6) is 0 Å². The highest BCUT2D eigenvalue weighted by molar-refractivity contribution is 6.04. The molecule has 0 saturated heterocycles. The van der Waals surface area contributed by atoms with Crippen LogP contribution in [0.15, 0.2) is 84.9 Å². The average Bonchev–Trinajstić information content (AvgIpc) is 3.45. The lowest BCUT2D eigenvalue weighted by molar-refractivity contribution is -0.147. The van der Waals surface area contributed by atoms with Gasteiger partial charge in [-0.15, -0.1) is 0 Å². The molecule has 12 heteroatoms. The van der Waals surface area contributed by atoms with Crippen molar-refractivity contribution in [3.05, 3.63) is 118 Å². The van der Waals surface area contributed by atoms with Crippen LogP contribution in [0.1, 0.15) is 95.7 Å². The zero-order chi connectivity index (χ0) is 44.0. The molecular weight excluding hydrogens is 763 g/mol. The highest BCUT2D eigenvalue weighted by Crippen LogP contribution is 2.38. The van der Waals surface area contributed by atoms with Crippen LogP contribution in [0.3, 0.4) is 0 Å². The van der Waals surface area contributed by atoms with Crippen molar-refractivity contribution in [1.29, 1.82) is 0 Å². The lowest BCUT2D eigenvalue weighted by atomic mass is 10.00. The lowest BCUT2D eigenvalue weighted by Gasteiger charge is -2.27. The van der Waals surface area contributed by atoms with E-state index in [2.05, 4.69) is 47.0 Å². The fourth-order valence-electron chi connectivity index (χ4n) is 6.50. The number of para-hydroxylation sites is 1. The molecule has 1 aliphatic carbocycles. The normalized spacial score (nSPS) is 12.9. The van der Waals surface area contributed by atoms with E-state index in [4.69, 9.17) is 24.1 Å². The Morgan fingerprint density at radius 2 is 1.13 bits per heavy atom. The number of amides is 3. The van der Waals surface area contributed by atoms with Crippen LogP contribution < -0.4 is 15.5 Å². The summed E-state index contributed by atoms with van der Waals surface area (Å²) in [6, 6.07) is 28.2. The Morgan fingerprint density at radius 1 is 0.633 bits per heavy atom. The van der Waals surface area contributed by atoms with Crippen LogP contribution in [-0.2, 0) is 60.6 Å². The first-order valence-electron chi connectivity index (χ1n) is 20.5. The zero-order valence-corrected chi connectivity index (χ0v) is 36.5. The summed E-state index contributed by atoms with van der Waals surface area (Å²) in [6.45, 7) is 16.7. The number of aliphatic carboxylic acids is 1. The van der Waals surface area contributed by atoms with Crippen molar-refractivity contribution >= 4 is 46.8 Å². The second-order valence-electron chi connectivity index (χ2n) is 16.8. The molecule has 60 heavy (non-hydrogen) atoms. The molecule has 12 nitrogen and oxygen atoms in total. The molecule has 0 radical (unpaired) electrons. The van der Waals surface area contributed by atoms with E-state index in [9.17, 15) is 19.2 Å². The number of carbonyl (C=O) groups excluding carboxylic acids is 3. The standard InChI is InChI=1S/C24H30N2O4.C18H19NO2.C6H12O3/c1-16(2)30-23(28)25-19-13-12-18-11-10-17-8-6-7-9-20(17)26(21(18)14-19)22(27)15-29-24(3,4)5;1-2-21-18(20)19-17-10-9-14-8-7-13-5-3-4-6-15(13)11-16(14)12-17;1-6(2,3)9-4-5(7)8/h6-9,12-14,16H,10-11,15H2,1-5H3,(H,25,28);3-6,9-10,12H,2,7-8,11H2,1H3,(H,19,20);4H2,1-3H3,(H,7,8). The third-order valence-corrected chi connectivity index (χ3v) is 9.21. The Kier molecular flexibility index (Phi) is 16.8. The minimum absolute atomic E-state index is 0.0374.